The number of hydrogen-bond donors (Lipinski definition) is 3. The lowest BCUT2D eigenvalue weighted by Gasteiger charge is -2.14. The van der Waals surface area contributed by atoms with E-state index in [1.54, 1.807) is 6.20 Å². The third kappa shape index (κ3) is 2.94. The third-order valence-corrected chi connectivity index (χ3v) is 2.74. The van der Waals surface area contributed by atoms with Gasteiger partial charge in [0.05, 0.1) is 17.6 Å². The summed E-state index contributed by atoms with van der Waals surface area (Å²) >= 11 is 0. The van der Waals surface area contributed by atoms with Crippen LogP contribution in [0, 0.1) is 0 Å². The summed E-state index contributed by atoms with van der Waals surface area (Å²) in [6.07, 6.45) is 6.25. The lowest BCUT2D eigenvalue weighted by molar-refractivity contribution is -0.116. The molecule has 1 aliphatic heterocycles. The predicted octanol–water partition coefficient (Wildman–Crippen LogP) is 1.52. The van der Waals surface area contributed by atoms with Crippen LogP contribution in [0.4, 0.5) is 5.69 Å². The lowest BCUT2D eigenvalue weighted by atomic mass is 10.1. The van der Waals surface area contributed by atoms with Crippen LogP contribution in [0.25, 0.3) is 5.57 Å². The van der Waals surface area contributed by atoms with Crippen LogP contribution in [0.15, 0.2) is 12.3 Å². The molecule has 2 heterocycles. The third-order valence-electron chi connectivity index (χ3n) is 2.74. The zero-order valence-electron chi connectivity index (χ0n) is 10.0. The van der Waals surface area contributed by atoms with Crippen molar-refractivity contribution in [1.82, 2.24) is 15.5 Å². The van der Waals surface area contributed by atoms with Crippen LogP contribution in [0.1, 0.15) is 31.9 Å². The highest BCUT2D eigenvalue weighted by Crippen LogP contribution is 2.22. The molecule has 5 heteroatoms. The second-order valence-electron chi connectivity index (χ2n) is 4.15. The monoisotopic (exact) mass is 234 g/mol. The number of amides is 1. The van der Waals surface area contributed by atoms with E-state index in [0.29, 0.717) is 6.42 Å². The smallest absolute Gasteiger partial charge is 0.224 e. The maximum atomic E-state index is 11.6. The fourth-order valence-corrected chi connectivity index (χ4v) is 1.90. The number of anilines is 1. The van der Waals surface area contributed by atoms with Crippen LogP contribution in [0.2, 0.25) is 0 Å². The number of H-pyrrole nitrogens is 1. The molecule has 0 saturated carbocycles. The molecule has 0 aliphatic carbocycles. The molecule has 17 heavy (non-hydrogen) atoms. The quantitative estimate of drug-likeness (QED) is 0.740. The molecular formula is C12H18N4O. The van der Waals surface area contributed by atoms with Crippen molar-refractivity contribution in [2.45, 2.75) is 26.2 Å². The number of carbonyl (C=O) groups is 1. The molecule has 1 amide bonds. The largest absolute Gasteiger partial charge is 0.323 e. The second-order valence-corrected chi connectivity index (χ2v) is 4.15. The minimum atomic E-state index is 0.0412. The van der Waals surface area contributed by atoms with Crippen LogP contribution in [-0.2, 0) is 4.79 Å². The Kier molecular flexibility index (Phi) is 3.93. The van der Waals surface area contributed by atoms with Crippen molar-refractivity contribution in [3.8, 4) is 0 Å². The molecule has 2 rings (SSSR count). The summed E-state index contributed by atoms with van der Waals surface area (Å²) in [7, 11) is 0. The fraction of sp³-hybridized carbons (Fsp3) is 0.500. The maximum absolute atomic E-state index is 11.6. The van der Waals surface area contributed by atoms with E-state index in [2.05, 4.69) is 26.9 Å². The van der Waals surface area contributed by atoms with E-state index in [0.717, 1.165) is 37.3 Å². The number of aromatic amines is 1. The Morgan fingerprint density at radius 3 is 3.18 bits per heavy atom. The van der Waals surface area contributed by atoms with E-state index in [4.69, 9.17) is 0 Å². The number of hydrogen-bond acceptors (Lipinski definition) is 3. The molecule has 0 bridgehead atoms. The molecular weight excluding hydrogens is 216 g/mol. The molecule has 1 aliphatic rings. The highest BCUT2D eigenvalue weighted by Gasteiger charge is 2.13. The summed E-state index contributed by atoms with van der Waals surface area (Å²) in [4.78, 5) is 11.6. The van der Waals surface area contributed by atoms with E-state index in [1.165, 1.54) is 5.57 Å². The Bertz CT molecular complexity index is 422. The lowest BCUT2D eigenvalue weighted by Crippen LogP contribution is -2.22. The summed E-state index contributed by atoms with van der Waals surface area (Å²) in [5, 5.41) is 13.1. The molecule has 0 spiro atoms. The molecule has 0 radical (unpaired) electrons. The van der Waals surface area contributed by atoms with Crippen molar-refractivity contribution < 1.29 is 4.79 Å². The van der Waals surface area contributed by atoms with Crippen molar-refractivity contribution in [2.75, 3.05) is 18.4 Å². The zero-order chi connectivity index (χ0) is 12.1. The summed E-state index contributed by atoms with van der Waals surface area (Å²) < 4.78 is 0. The van der Waals surface area contributed by atoms with Crippen molar-refractivity contribution in [3.05, 3.63) is 18.0 Å². The van der Waals surface area contributed by atoms with Crippen molar-refractivity contribution in [2.24, 2.45) is 0 Å². The summed E-state index contributed by atoms with van der Waals surface area (Å²) in [5.74, 6) is 0.0412. The van der Waals surface area contributed by atoms with Gasteiger partial charge in [-0.3, -0.25) is 9.89 Å². The van der Waals surface area contributed by atoms with Gasteiger partial charge in [0.1, 0.15) is 0 Å². The van der Waals surface area contributed by atoms with Gasteiger partial charge in [0.25, 0.3) is 0 Å². The average molecular weight is 234 g/mol. The molecule has 0 unspecified atom stereocenters. The predicted molar refractivity (Wildman–Crippen MR) is 67.6 cm³/mol. The maximum Gasteiger partial charge on any atom is 0.224 e. The van der Waals surface area contributed by atoms with Gasteiger partial charge in [-0.25, -0.2) is 0 Å². The number of carbonyl (C=O) groups excluding carboxylic acids is 1. The first-order valence-electron chi connectivity index (χ1n) is 6.04. The first-order chi connectivity index (χ1) is 8.31. The van der Waals surface area contributed by atoms with Gasteiger partial charge in [-0.05, 0) is 25.0 Å². The van der Waals surface area contributed by atoms with Gasteiger partial charge in [0, 0.05) is 13.0 Å². The molecule has 3 N–H and O–H groups in total. The van der Waals surface area contributed by atoms with Gasteiger partial charge in [-0.2, -0.15) is 5.10 Å². The fourth-order valence-electron chi connectivity index (χ4n) is 1.90. The van der Waals surface area contributed by atoms with Crippen LogP contribution < -0.4 is 10.6 Å². The molecule has 0 atom stereocenters. The van der Waals surface area contributed by atoms with Gasteiger partial charge in [0.2, 0.25) is 5.91 Å². The Morgan fingerprint density at radius 2 is 2.47 bits per heavy atom. The molecule has 0 aromatic carbocycles. The Morgan fingerprint density at radius 1 is 1.59 bits per heavy atom. The van der Waals surface area contributed by atoms with Gasteiger partial charge in [0.15, 0.2) is 0 Å². The minimum Gasteiger partial charge on any atom is -0.323 e. The topological polar surface area (TPSA) is 69.8 Å². The minimum absolute atomic E-state index is 0.0412. The number of nitrogens with zero attached hydrogens (tertiary/aromatic N) is 1. The average Bonchev–Trinajstić information content (AvgIpc) is 2.78. The van der Waals surface area contributed by atoms with Gasteiger partial charge >= 0.3 is 0 Å². The normalized spacial score (nSPS) is 15.5. The van der Waals surface area contributed by atoms with E-state index < -0.39 is 0 Å². The van der Waals surface area contributed by atoms with Gasteiger partial charge in [-0.15, -0.1) is 0 Å². The van der Waals surface area contributed by atoms with E-state index in [-0.39, 0.29) is 5.91 Å². The van der Waals surface area contributed by atoms with Crippen LogP contribution >= 0.6 is 0 Å². The van der Waals surface area contributed by atoms with Gasteiger partial charge < -0.3 is 10.6 Å². The van der Waals surface area contributed by atoms with Crippen molar-refractivity contribution in [3.63, 3.8) is 0 Å². The SMILES string of the molecule is CCCC(=O)Nc1cn[nH]c1C1=CCCNC1. The van der Waals surface area contributed by atoms with Crippen LogP contribution in [-0.4, -0.2) is 29.2 Å². The number of aromatic nitrogens is 2. The number of rotatable bonds is 4. The summed E-state index contributed by atoms with van der Waals surface area (Å²) in [6.45, 7) is 3.82. The van der Waals surface area contributed by atoms with Crippen LogP contribution in [0.5, 0.6) is 0 Å². The summed E-state index contributed by atoms with van der Waals surface area (Å²) in [5.41, 5.74) is 2.86. The molecule has 0 fully saturated rings. The summed E-state index contributed by atoms with van der Waals surface area (Å²) in [6, 6.07) is 0. The zero-order valence-corrected chi connectivity index (χ0v) is 10.0. The highest BCUT2D eigenvalue weighted by atomic mass is 16.1. The Hall–Kier alpha value is -1.62. The highest BCUT2D eigenvalue weighted by molar-refractivity contribution is 5.93. The Labute approximate surface area is 101 Å². The van der Waals surface area contributed by atoms with Crippen molar-refractivity contribution >= 4 is 17.2 Å². The number of nitrogens with one attached hydrogen (secondary N) is 3. The first-order valence-corrected chi connectivity index (χ1v) is 6.04. The van der Waals surface area contributed by atoms with Gasteiger partial charge in [-0.1, -0.05) is 13.0 Å². The standard InChI is InChI=1S/C12H18N4O/c1-2-4-11(17)15-10-8-14-16-12(10)9-5-3-6-13-7-9/h5,8,13H,2-4,6-7H2,1H3,(H,14,16)(H,15,17). The first kappa shape index (κ1) is 11.9. The van der Waals surface area contributed by atoms with E-state index in [1.807, 2.05) is 6.92 Å². The Balaban J connectivity index is 2.11. The molecule has 0 saturated heterocycles. The van der Waals surface area contributed by atoms with E-state index in [9.17, 15) is 4.79 Å². The molecule has 5 nitrogen and oxygen atoms in total. The second kappa shape index (κ2) is 5.63. The van der Waals surface area contributed by atoms with E-state index >= 15 is 0 Å². The molecule has 92 valence electrons. The van der Waals surface area contributed by atoms with Crippen molar-refractivity contribution in [1.29, 1.82) is 0 Å². The molecule has 1 aromatic rings. The molecule has 1 aromatic heterocycles. The van der Waals surface area contributed by atoms with Crippen LogP contribution in [0.3, 0.4) is 0 Å².